The first-order valence-corrected chi connectivity index (χ1v) is 5.13. The van der Waals surface area contributed by atoms with Crippen molar-refractivity contribution in [1.29, 1.82) is 0 Å². The first-order chi connectivity index (χ1) is 7.59. The van der Waals surface area contributed by atoms with Crippen molar-refractivity contribution in [1.82, 2.24) is 20.2 Å². The van der Waals surface area contributed by atoms with Crippen molar-refractivity contribution in [2.24, 2.45) is 7.05 Å². The summed E-state index contributed by atoms with van der Waals surface area (Å²) < 4.78 is 1.80. The number of aryl methyl sites for hydroxylation is 2. The van der Waals surface area contributed by atoms with Crippen LogP contribution in [-0.2, 0) is 11.8 Å². The molecule has 84 valence electrons. The van der Waals surface area contributed by atoms with Crippen LogP contribution in [0, 0.1) is 6.92 Å². The van der Waals surface area contributed by atoms with Crippen LogP contribution in [0.25, 0.3) is 0 Å². The number of carbonyl (C=O) groups is 1. The van der Waals surface area contributed by atoms with Crippen LogP contribution in [0.4, 0.5) is 5.82 Å². The average Bonchev–Trinajstić information content (AvgIpc) is 2.67. The zero-order valence-electron chi connectivity index (χ0n) is 9.40. The van der Waals surface area contributed by atoms with Crippen molar-refractivity contribution < 1.29 is 4.79 Å². The third-order valence-electron chi connectivity index (χ3n) is 3.13. The zero-order chi connectivity index (χ0) is 11.4. The van der Waals surface area contributed by atoms with E-state index in [1.165, 1.54) is 0 Å². The number of amides is 1. The molecular weight excluding hydrogens is 206 g/mol. The lowest BCUT2D eigenvalue weighted by Crippen LogP contribution is -2.30. The maximum absolute atomic E-state index is 11.7. The van der Waals surface area contributed by atoms with Crippen molar-refractivity contribution in [3.8, 4) is 0 Å². The summed E-state index contributed by atoms with van der Waals surface area (Å²) >= 11 is 0. The van der Waals surface area contributed by atoms with E-state index in [1.54, 1.807) is 10.9 Å². The molecule has 1 amide bonds. The molecule has 0 bridgehead atoms. The van der Waals surface area contributed by atoms with Gasteiger partial charge in [-0.05, 0) is 6.92 Å². The number of hydrogen-bond donors (Lipinski definition) is 2. The van der Waals surface area contributed by atoms with E-state index in [9.17, 15) is 4.79 Å². The van der Waals surface area contributed by atoms with Gasteiger partial charge in [0.15, 0.2) is 0 Å². The van der Waals surface area contributed by atoms with Gasteiger partial charge in [-0.25, -0.2) is 5.01 Å². The molecule has 2 aliphatic heterocycles. The molecular formula is C10H13N5O. The Bertz CT molecular complexity index is 516. The van der Waals surface area contributed by atoms with Crippen molar-refractivity contribution >= 4 is 11.7 Å². The Hall–Kier alpha value is -1.82. The van der Waals surface area contributed by atoms with Crippen LogP contribution in [0.1, 0.15) is 17.3 Å². The fourth-order valence-corrected chi connectivity index (χ4v) is 2.43. The fraction of sp³-hybridized carbons (Fsp3) is 0.400. The van der Waals surface area contributed by atoms with Gasteiger partial charge in [-0.2, -0.15) is 5.10 Å². The van der Waals surface area contributed by atoms with Gasteiger partial charge in [0.05, 0.1) is 17.3 Å². The molecule has 3 heterocycles. The minimum atomic E-state index is -0.0473. The highest BCUT2D eigenvalue weighted by molar-refractivity contribution is 5.98. The SMILES string of the molecule is Cc1nn(C)c2c1C1C(=CN2)C(=O)NN1C. The lowest BCUT2D eigenvalue weighted by Gasteiger charge is -2.23. The number of hydrazine groups is 1. The lowest BCUT2D eigenvalue weighted by atomic mass is 9.97. The molecule has 0 saturated carbocycles. The van der Waals surface area contributed by atoms with E-state index in [0.717, 1.165) is 22.6 Å². The largest absolute Gasteiger partial charge is 0.346 e. The molecule has 0 aliphatic carbocycles. The van der Waals surface area contributed by atoms with Gasteiger partial charge in [0.2, 0.25) is 0 Å². The third kappa shape index (κ3) is 0.992. The van der Waals surface area contributed by atoms with Gasteiger partial charge in [0, 0.05) is 25.9 Å². The highest BCUT2D eigenvalue weighted by Gasteiger charge is 2.40. The number of carbonyl (C=O) groups excluding carboxylic acids is 1. The second kappa shape index (κ2) is 2.85. The molecule has 1 unspecified atom stereocenters. The van der Waals surface area contributed by atoms with Crippen LogP contribution in [-0.4, -0.2) is 27.7 Å². The van der Waals surface area contributed by atoms with E-state index in [0.29, 0.717) is 0 Å². The van der Waals surface area contributed by atoms with E-state index in [1.807, 2.05) is 26.0 Å². The van der Waals surface area contributed by atoms with E-state index in [4.69, 9.17) is 0 Å². The molecule has 2 aliphatic rings. The summed E-state index contributed by atoms with van der Waals surface area (Å²) in [4.78, 5) is 11.7. The fourth-order valence-electron chi connectivity index (χ4n) is 2.43. The van der Waals surface area contributed by atoms with Crippen LogP contribution in [0.5, 0.6) is 0 Å². The zero-order valence-corrected chi connectivity index (χ0v) is 9.40. The summed E-state index contributed by atoms with van der Waals surface area (Å²) in [6, 6.07) is -0.0301. The molecule has 3 rings (SSSR count). The van der Waals surface area contributed by atoms with Gasteiger partial charge in [-0.3, -0.25) is 14.9 Å². The van der Waals surface area contributed by atoms with Gasteiger partial charge in [0.1, 0.15) is 5.82 Å². The Labute approximate surface area is 92.9 Å². The smallest absolute Gasteiger partial charge is 0.265 e. The van der Waals surface area contributed by atoms with Gasteiger partial charge in [-0.1, -0.05) is 0 Å². The second-order valence-corrected chi connectivity index (χ2v) is 4.17. The normalized spacial score (nSPS) is 23.3. The predicted octanol–water partition coefficient (Wildman–Crippen LogP) is 0.0556. The number of likely N-dealkylation sites (N-methyl/N-ethyl adjacent to an activating group) is 1. The molecule has 1 aromatic heterocycles. The summed E-state index contributed by atoms with van der Waals surface area (Å²) in [6.45, 7) is 1.96. The molecule has 1 aromatic rings. The van der Waals surface area contributed by atoms with Gasteiger partial charge in [-0.15, -0.1) is 0 Å². The monoisotopic (exact) mass is 219 g/mol. The van der Waals surface area contributed by atoms with Gasteiger partial charge >= 0.3 is 0 Å². The van der Waals surface area contributed by atoms with E-state index in [-0.39, 0.29) is 11.9 Å². The van der Waals surface area contributed by atoms with Crippen LogP contribution < -0.4 is 10.7 Å². The summed E-state index contributed by atoms with van der Waals surface area (Å²) in [5, 5.41) is 9.31. The Morgan fingerprint density at radius 2 is 2.19 bits per heavy atom. The molecule has 0 aromatic carbocycles. The Morgan fingerprint density at radius 1 is 1.44 bits per heavy atom. The molecule has 0 radical (unpaired) electrons. The number of fused-ring (bicyclic) bond motifs is 3. The van der Waals surface area contributed by atoms with Crippen molar-refractivity contribution in [3.63, 3.8) is 0 Å². The van der Waals surface area contributed by atoms with E-state index in [2.05, 4.69) is 15.8 Å². The standard InChI is InChI=1S/C10H13N5O/c1-5-7-8-6(10(16)13-14(8)2)4-11-9(7)15(3)12-5/h4,8,11H,1-3H3,(H,13,16). The second-order valence-electron chi connectivity index (χ2n) is 4.17. The molecule has 2 N–H and O–H groups in total. The molecule has 16 heavy (non-hydrogen) atoms. The molecule has 1 fully saturated rings. The molecule has 6 nitrogen and oxygen atoms in total. The van der Waals surface area contributed by atoms with Crippen molar-refractivity contribution in [2.45, 2.75) is 13.0 Å². The first kappa shape index (κ1) is 9.41. The van der Waals surface area contributed by atoms with Crippen molar-refractivity contribution in [3.05, 3.63) is 23.0 Å². The number of nitrogens with one attached hydrogen (secondary N) is 2. The predicted molar refractivity (Wildman–Crippen MR) is 58.3 cm³/mol. The number of aromatic nitrogens is 2. The van der Waals surface area contributed by atoms with Crippen LogP contribution in [0.3, 0.4) is 0 Å². The summed E-state index contributed by atoms with van der Waals surface area (Å²) in [7, 11) is 3.76. The quantitative estimate of drug-likeness (QED) is 0.647. The first-order valence-electron chi connectivity index (χ1n) is 5.13. The average molecular weight is 219 g/mol. The number of hydrogen-bond acceptors (Lipinski definition) is 4. The third-order valence-corrected chi connectivity index (χ3v) is 3.13. The maximum atomic E-state index is 11.7. The minimum Gasteiger partial charge on any atom is -0.346 e. The maximum Gasteiger partial charge on any atom is 0.265 e. The summed E-state index contributed by atoms with van der Waals surface area (Å²) in [5.41, 5.74) is 5.55. The molecule has 0 spiro atoms. The topological polar surface area (TPSA) is 62.2 Å². The van der Waals surface area contributed by atoms with Crippen LogP contribution in [0.2, 0.25) is 0 Å². The number of rotatable bonds is 0. The molecule has 6 heteroatoms. The Balaban J connectivity index is 2.20. The highest BCUT2D eigenvalue weighted by Crippen LogP contribution is 2.40. The minimum absolute atomic E-state index is 0.0301. The highest BCUT2D eigenvalue weighted by atomic mass is 16.2. The van der Waals surface area contributed by atoms with Crippen molar-refractivity contribution in [2.75, 3.05) is 12.4 Å². The van der Waals surface area contributed by atoms with E-state index >= 15 is 0 Å². The Kier molecular flexibility index (Phi) is 1.68. The van der Waals surface area contributed by atoms with E-state index < -0.39 is 0 Å². The number of nitrogens with zero attached hydrogens (tertiary/aromatic N) is 3. The van der Waals surface area contributed by atoms with Crippen LogP contribution >= 0.6 is 0 Å². The number of anilines is 1. The Morgan fingerprint density at radius 3 is 2.94 bits per heavy atom. The lowest BCUT2D eigenvalue weighted by molar-refractivity contribution is -0.118. The molecule has 1 saturated heterocycles. The van der Waals surface area contributed by atoms with Gasteiger partial charge < -0.3 is 5.32 Å². The van der Waals surface area contributed by atoms with Crippen LogP contribution in [0.15, 0.2) is 11.8 Å². The summed E-state index contributed by atoms with van der Waals surface area (Å²) in [6.07, 6.45) is 1.76. The van der Waals surface area contributed by atoms with Gasteiger partial charge in [0.25, 0.3) is 5.91 Å². The summed E-state index contributed by atoms with van der Waals surface area (Å²) in [5.74, 6) is 0.906. The molecule has 1 atom stereocenters.